The van der Waals surface area contributed by atoms with E-state index in [2.05, 4.69) is 4.98 Å². The summed E-state index contributed by atoms with van der Waals surface area (Å²) in [5, 5.41) is 2.21. The number of rotatable bonds is 0. The molecule has 0 atom stereocenters. The van der Waals surface area contributed by atoms with Crippen molar-refractivity contribution >= 4 is 47.0 Å². The molecule has 0 aliphatic heterocycles. The average molecular weight is 213 g/mol. The van der Waals surface area contributed by atoms with Crippen LogP contribution < -0.4 is 5.46 Å². The van der Waals surface area contributed by atoms with Crippen LogP contribution in [-0.2, 0) is 0 Å². The summed E-state index contributed by atoms with van der Waals surface area (Å²) in [7, 11) is 5.88. The number of nitrogens with zero attached hydrogens (tertiary/aromatic N) is 1. The van der Waals surface area contributed by atoms with Crippen molar-refractivity contribution in [2.45, 2.75) is 0 Å². The van der Waals surface area contributed by atoms with Gasteiger partial charge in [-0.15, -0.1) is 0 Å². The molecule has 1 aromatic carbocycles. The molecule has 2 nitrogen and oxygen atoms in total. The lowest BCUT2D eigenvalue weighted by atomic mass is 9.91. The number of hydrogen-bond acceptors (Lipinski definition) is 2. The van der Waals surface area contributed by atoms with Gasteiger partial charge in [-0.25, -0.2) is 4.98 Å². The van der Waals surface area contributed by atoms with Crippen LogP contribution in [0.4, 0.5) is 0 Å². The van der Waals surface area contributed by atoms with Crippen molar-refractivity contribution in [2.24, 2.45) is 0 Å². The second-order valence-corrected chi connectivity index (χ2v) is 3.70. The van der Waals surface area contributed by atoms with Gasteiger partial charge in [0.25, 0.3) is 0 Å². The van der Waals surface area contributed by atoms with Crippen LogP contribution in [0.25, 0.3) is 22.1 Å². The Labute approximate surface area is 92.3 Å². The lowest BCUT2D eigenvalue weighted by Crippen LogP contribution is -2.01. The van der Waals surface area contributed by atoms with Crippen molar-refractivity contribution in [2.75, 3.05) is 0 Å². The van der Waals surface area contributed by atoms with Crippen LogP contribution in [-0.4, -0.2) is 12.8 Å². The fraction of sp³-hybridized carbons (Fsp3) is 0. The normalized spacial score (nSPS) is 11.3. The molecule has 2 heterocycles. The maximum absolute atomic E-state index is 5.88. The Kier molecular flexibility index (Phi) is 1.76. The van der Waals surface area contributed by atoms with Gasteiger partial charge in [0, 0.05) is 10.8 Å². The molecule has 2 radical (unpaired) electrons. The van der Waals surface area contributed by atoms with Crippen LogP contribution in [0.5, 0.6) is 0 Å². The highest BCUT2D eigenvalue weighted by atomic mass is 35.5. The Bertz CT molecular complexity index is 662. The Hall–Kier alpha value is -1.48. The lowest BCUT2D eigenvalue weighted by molar-refractivity contribution is 0.654. The first kappa shape index (κ1) is 8.80. The van der Waals surface area contributed by atoms with E-state index in [9.17, 15) is 0 Å². The average Bonchev–Trinajstić information content (AvgIpc) is 2.56. The van der Waals surface area contributed by atoms with Crippen molar-refractivity contribution in [3.8, 4) is 0 Å². The predicted molar refractivity (Wildman–Crippen MR) is 61.9 cm³/mol. The molecule has 0 aliphatic rings. The van der Waals surface area contributed by atoms with Gasteiger partial charge in [0.15, 0.2) is 0 Å². The fourth-order valence-corrected chi connectivity index (χ4v) is 1.85. The van der Waals surface area contributed by atoms with Gasteiger partial charge in [-0.1, -0.05) is 29.2 Å². The standard InChI is InChI=1S/C11H5BClNO/c12-7-2-1-3-8-10(7)6-4-5-9(13)14-11(6)15-8/h1-5H. The van der Waals surface area contributed by atoms with Crippen LogP contribution in [0, 0.1) is 0 Å². The minimum absolute atomic E-state index is 0.417. The molecule has 0 saturated carbocycles. The largest absolute Gasteiger partial charge is 0.438 e. The van der Waals surface area contributed by atoms with Gasteiger partial charge in [0.05, 0.1) is 0 Å². The summed E-state index contributed by atoms with van der Waals surface area (Å²) in [4.78, 5) is 4.10. The smallest absolute Gasteiger partial charge is 0.228 e. The van der Waals surface area contributed by atoms with Gasteiger partial charge in [-0.2, -0.15) is 0 Å². The summed E-state index contributed by atoms with van der Waals surface area (Å²) in [6.07, 6.45) is 0. The van der Waals surface area contributed by atoms with E-state index in [1.54, 1.807) is 6.07 Å². The van der Waals surface area contributed by atoms with Gasteiger partial charge in [-0.05, 0) is 18.2 Å². The van der Waals surface area contributed by atoms with E-state index >= 15 is 0 Å². The summed E-state index contributed by atoms with van der Waals surface area (Å²) in [6, 6.07) is 9.15. The molecule has 0 saturated heterocycles. The molecule has 15 heavy (non-hydrogen) atoms. The quantitative estimate of drug-likeness (QED) is 0.423. The number of benzene rings is 1. The Balaban J connectivity index is 2.59. The summed E-state index contributed by atoms with van der Waals surface area (Å²) >= 11 is 5.78. The first-order valence-corrected chi connectivity index (χ1v) is 4.87. The molecule has 0 bridgehead atoms. The molecule has 0 aliphatic carbocycles. The van der Waals surface area contributed by atoms with E-state index in [0.717, 1.165) is 16.4 Å². The van der Waals surface area contributed by atoms with Crippen LogP contribution in [0.2, 0.25) is 5.15 Å². The summed E-state index contributed by atoms with van der Waals surface area (Å²) < 4.78 is 5.54. The first-order valence-electron chi connectivity index (χ1n) is 4.49. The number of hydrogen-bond donors (Lipinski definition) is 0. The number of pyridine rings is 1. The monoisotopic (exact) mass is 213 g/mol. The molecule has 70 valence electrons. The van der Waals surface area contributed by atoms with Gasteiger partial charge in [0.1, 0.15) is 18.6 Å². The topological polar surface area (TPSA) is 26.0 Å². The van der Waals surface area contributed by atoms with Crippen LogP contribution >= 0.6 is 11.6 Å². The van der Waals surface area contributed by atoms with E-state index in [0.29, 0.717) is 16.3 Å². The van der Waals surface area contributed by atoms with E-state index in [1.807, 2.05) is 24.3 Å². The van der Waals surface area contributed by atoms with Gasteiger partial charge in [0.2, 0.25) is 5.71 Å². The third-order valence-corrected chi connectivity index (χ3v) is 2.57. The molecular formula is C11H5BClNO. The van der Waals surface area contributed by atoms with Crippen LogP contribution in [0.15, 0.2) is 34.7 Å². The highest BCUT2D eigenvalue weighted by Gasteiger charge is 2.09. The zero-order chi connectivity index (χ0) is 10.4. The molecule has 0 fully saturated rings. The zero-order valence-corrected chi connectivity index (χ0v) is 8.45. The van der Waals surface area contributed by atoms with E-state index in [-0.39, 0.29) is 0 Å². The third-order valence-electron chi connectivity index (χ3n) is 2.36. The van der Waals surface area contributed by atoms with Crippen LogP contribution in [0.1, 0.15) is 0 Å². The van der Waals surface area contributed by atoms with Gasteiger partial charge < -0.3 is 4.42 Å². The van der Waals surface area contributed by atoms with Crippen molar-refractivity contribution in [1.29, 1.82) is 0 Å². The fourth-order valence-electron chi connectivity index (χ4n) is 1.71. The maximum atomic E-state index is 5.88. The molecule has 2 aromatic heterocycles. The van der Waals surface area contributed by atoms with Crippen molar-refractivity contribution < 1.29 is 4.42 Å². The van der Waals surface area contributed by atoms with Crippen molar-refractivity contribution in [3.05, 3.63) is 35.5 Å². The van der Waals surface area contributed by atoms with E-state index < -0.39 is 0 Å². The summed E-state index contributed by atoms with van der Waals surface area (Å²) in [5.41, 5.74) is 1.95. The Morgan fingerprint density at radius 3 is 2.93 bits per heavy atom. The second-order valence-electron chi connectivity index (χ2n) is 3.31. The molecule has 0 unspecified atom stereocenters. The summed E-state index contributed by atoms with van der Waals surface area (Å²) in [6.45, 7) is 0. The molecule has 0 spiro atoms. The van der Waals surface area contributed by atoms with Crippen LogP contribution in [0.3, 0.4) is 0 Å². The lowest BCUT2D eigenvalue weighted by Gasteiger charge is -1.93. The Morgan fingerprint density at radius 2 is 2.07 bits per heavy atom. The third kappa shape index (κ3) is 1.23. The predicted octanol–water partition coefficient (Wildman–Crippen LogP) is 2.43. The first-order chi connectivity index (χ1) is 7.25. The molecule has 3 aromatic rings. The molecular weight excluding hydrogens is 208 g/mol. The summed E-state index contributed by atoms with van der Waals surface area (Å²) in [5.74, 6) is 0. The minimum Gasteiger partial charge on any atom is -0.438 e. The van der Waals surface area contributed by atoms with Gasteiger partial charge in [-0.3, -0.25) is 0 Å². The number of furan rings is 1. The number of halogens is 1. The number of fused-ring (bicyclic) bond motifs is 3. The van der Waals surface area contributed by atoms with E-state index in [1.165, 1.54) is 0 Å². The highest BCUT2D eigenvalue weighted by molar-refractivity contribution is 6.41. The number of aromatic nitrogens is 1. The molecule has 0 amide bonds. The zero-order valence-electron chi connectivity index (χ0n) is 7.70. The highest BCUT2D eigenvalue weighted by Crippen LogP contribution is 2.26. The molecule has 0 N–H and O–H groups in total. The van der Waals surface area contributed by atoms with Gasteiger partial charge >= 0.3 is 0 Å². The SMILES string of the molecule is [B]c1cccc2oc3nc(Cl)ccc3c12. The second kappa shape index (κ2) is 3.01. The molecule has 3 rings (SSSR count). The molecule has 4 heteroatoms. The minimum atomic E-state index is 0.417. The maximum Gasteiger partial charge on any atom is 0.228 e. The van der Waals surface area contributed by atoms with Crippen molar-refractivity contribution in [1.82, 2.24) is 4.98 Å². The Morgan fingerprint density at radius 1 is 1.20 bits per heavy atom. The van der Waals surface area contributed by atoms with Crippen molar-refractivity contribution in [3.63, 3.8) is 0 Å². The van der Waals surface area contributed by atoms with E-state index in [4.69, 9.17) is 23.9 Å².